The van der Waals surface area contributed by atoms with E-state index in [1.807, 2.05) is 0 Å². The minimum absolute atomic E-state index is 0.353. The average molecular weight is 259 g/mol. The third-order valence-corrected chi connectivity index (χ3v) is 2.28. The summed E-state index contributed by atoms with van der Waals surface area (Å²) in [5, 5.41) is 2.89. The lowest BCUT2D eigenvalue weighted by Crippen LogP contribution is -2.08. The Morgan fingerprint density at radius 2 is 2.21 bits per heavy atom. The van der Waals surface area contributed by atoms with Crippen molar-refractivity contribution in [3.63, 3.8) is 0 Å². The van der Waals surface area contributed by atoms with Gasteiger partial charge in [-0.25, -0.2) is 4.79 Å². The van der Waals surface area contributed by atoms with Crippen LogP contribution in [-0.2, 0) is 4.74 Å². The molecule has 0 spiro atoms. The quantitative estimate of drug-likeness (QED) is 0.628. The second-order valence-electron chi connectivity index (χ2n) is 2.66. The Bertz CT molecular complexity index is 366. The number of nitrogens with one attached hydrogen (secondary N) is 1. The number of carbonyl (C=O) groups is 1. The van der Waals surface area contributed by atoms with Gasteiger partial charge in [0.25, 0.3) is 0 Å². The van der Waals surface area contributed by atoms with E-state index in [2.05, 4.69) is 26.0 Å². The summed E-state index contributed by atoms with van der Waals surface area (Å²) in [6, 6.07) is 3.42. The number of nitrogen functional groups attached to an aromatic ring is 1. The van der Waals surface area contributed by atoms with Crippen LogP contribution in [0.25, 0.3) is 0 Å². The number of nitrogens with two attached hydrogens (primary N) is 1. The van der Waals surface area contributed by atoms with Gasteiger partial charge in [0.1, 0.15) is 0 Å². The third-order valence-electron chi connectivity index (χ3n) is 1.82. The van der Waals surface area contributed by atoms with Gasteiger partial charge in [-0.2, -0.15) is 0 Å². The van der Waals surface area contributed by atoms with Crippen LogP contribution in [0.1, 0.15) is 10.4 Å². The molecule has 0 saturated carbocycles. The molecule has 0 aliphatic heterocycles. The first kappa shape index (κ1) is 10.8. The van der Waals surface area contributed by atoms with Crippen LogP contribution in [0.4, 0.5) is 11.4 Å². The lowest BCUT2D eigenvalue weighted by atomic mass is 10.1. The number of hydrogen-bond donors (Lipinski definition) is 2. The molecule has 1 aromatic carbocycles. The molecule has 0 bridgehead atoms. The van der Waals surface area contributed by atoms with Gasteiger partial charge in [-0.05, 0) is 12.1 Å². The summed E-state index contributed by atoms with van der Waals surface area (Å²) in [4.78, 5) is 11.3. The lowest BCUT2D eigenvalue weighted by Gasteiger charge is -2.09. The fraction of sp³-hybridized carbons (Fsp3) is 0.222. The standard InChI is InChI=1S/C9H11BrN2O2/c1-12-7-4-5(10)3-6(8(7)11)9(13)14-2/h3-4,12H,11H2,1-2H3. The van der Waals surface area contributed by atoms with Crippen LogP contribution < -0.4 is 11.1 Å². The number of hydrogen-bond acceptors (Lipinski definition) is 4. The van der Waals surface area contributed by atoms with Crippen LogP contribution in [0, 0.1) is 0 Å². The number of anilines is 2. The first-order chi connectivity index (χ1) is 6.60. The Morgan fingerprint density at radius 3 is 2.71 bits per heavy atom. The molecule has 14 heavy (non-hydrogen) atoms. The van der Waals surface area contributed by atoms with Crippen molar-refractivity contribution in [1.29, 1.82) is 0 Å². The molecule has 0 atom stereocenters. The Morgan fingerprint density at radius 1 is 1.57 bits per heavy atom. The van der Waals surface area contributed by atoms with Crippen molar-refractivity contribution < 1.29 is 9.53 Å². The Balaban J connectivity index is 3.29. The van der Waals surface area contributed by atoms with Crippen molar-refractivity contribution in [2.45, 2.75) is 0 Å². The molecule has 0 heterocycles. The van der Waals surface area contributed by atoms with Gasteiger partial charge >= 0.3 is 5.97 Å². The van der Waals surface area contributed by atoms with Gasteiger partial charge in [-0.15, -0.1) is 0 Å². The highest BCUT2D eigenvalue weighted by atomic mass is 79.9. The summed E-state index contributed by atoms with van der Waals surface area (Å²) in [5.41, 5.74) is 7.19. The summed E-state index contributed by atoms with van der Waals surface area (Å²) in [5.74, 6) is -0.444. The van der Waals surface area contributed by atoms with Gasteiger partial charge < -0.3 is 15.8 Å². The van der Waals surface area contributed by atoms with E-state index in [1.165, 1.54) is 7.11 Å². The average Bonchev–Trinajstić information content (AvgIpc) is 2.19. The molecule has 1 rings (SSSR count). The van der Waals surface area contributed by atoms with Gasteiger partial charge in [-0.1, -0.05) is 15.9 Å². The third kappa shape index (κ3) is 1.98. The van der Waals surface area contributed by atoms with E-state index in [0.29, 0.717) is 16.9 Å². The van der Waals surface area contributed by atoms with Gasteiger partial charge in [0.15, 0.2) is 0 Å². The smallest absolute Gasteiger partial charge is 0.340 e. The molecule has 0 fully saturated rings. The first-order valence-electron chi connectivity index (χ1n) is 3.95. The van der Waals surface area contributed by atoms with Crippen LogP contribution in [0.3, 0.4) is 0 Å². The Kier molecular flexibility index (Phi) is 3.35. The minimum atomic E-state index is -0.444. The Hall–Kier alpha value is -1.23. The number of rotatable bonds is 2. The first-order valence-corrected chi connectivity index (χ1v) is 4.74. The number of ether oxygens (including phenoxy) is 1. The monoisotopic (exact) mass is 258 g/mol. The van der Waals surface area contributed by atoms with E-state index in [4.69, 9.17) is 5.73 Å². The molecule has 0 unspecified atom stereocenters. The van der Waals surface area contributed by atoms with E-state index in [1.54, 1.807) is 19.2 Å². The number of carbonyl (C=O) groups excluding carboxylic acids is 1. The maximum absolute atomic E-state index is 11.3. The van der Waals surface area contributed by atoms with Crippen molar-refractivity contribution in [2.75, 3.05) is 25.2 Å². The van der Waals surface area contributed by atoms with Crippen molar-refractivity contribution >= 4 is 33.3 Å². The summed E-state index contributed by atoms with van der Waals surface area (Å²) < 4.78 is 5.38. The highest BCUT2D eigenvalue weighted by molar-refractivity contribution is 9.10. The predicted octanol–water partition coefficient (Wildman–Crippen LogP) is 1.86. The van der Waals surface area contributed by atoms with E-state index in [0.717, 1.165) is 4.47 Å². The van der Waals surface area contributed by atoms with Crippen LogP contribution in [0.5, 0.6) is 0 Å². The van der Waals surface area contributed by atoms with Crippen molar-refractivity contribution in [3.8, 4) is 0 Å². The van der Waals surface area contributed by atoms with Crippen molar-refractivity contribution in [2.24, 2.45) is 0 Å². The van der Waals surface area contributed by atoms with Crippen LogP contribution in [0.2, 0.25) is 0 Å². The molecular weight excluding hydrogens is 248 g/mol. The summed E-state index contributed by atoms with van der Waals surface area (Å²) in [7, 11) is 3.06. The molecule has 0 aliphatic rings. The highest BCUT2D eigenvalue weighted by Gasteiger charge is 2.13. The largest absolute Gasteiger partial charge is 0.465 e. The molecular formula is C9H11BrN2O2. The van der Waals surface area contributed by atoms with Gasteiger partial charge in [0.05, 0.1) is 24.0 Å². The van der Waals surface area contributed by atoms with E-state index < -0.39 is 5.97 Å². The van der Waals surface area contributed by atoms with Crippen LogP contribution in [0.15, 0.2) is 16.6 Å². The fourth-order valence-corrected chi connectivity index (χ4v) is 1.56. The van der Waals surface area contributed by atoms with Crippen molar-refractivity contribution in [3.05, 3.63) is 22.2 Å². The van der Waals surface area contributed by atoms with Crippen LogP contribution in [-0.4, -0.2) is 20.1 Å². The number of halogens is 1. The van der Waals surface area contributed by atoms with Gasteiger partial charge in [-0.3, -0.25) is 0 Å². The molecule has 0 radical (unpaired) electrons. The maximum Gasteiger partial charge on any atom is 0.340 e. The topological polar surface area (TPSA) is 64.3 Å². The molecule has 0 saturated heterocycles. The molecule has 3 N–H and O–H groups in total. The molecule has 5 heteroatoms. The zero-order chi connectivity index (χ0) is 10.7. The molecule has 0 aromatic heterocycles. The molecule has 76 valence electrons. The van der Waals surface area contributed by atoms with Crippen LogP contribution >= 0.6 is 15.9 Å². The second-order valence-corrected chi connectivity index (χ2v) is 3.57. The van der Waals surface area contributed by atoms with Gasteiger partial charge in [0, 0.05) is 11.5 Å². The zero-order valence-corrected chi connectivity index (χ0v) is 9.51. The maximum atomic E-state index is 11.3. The van der Waals surface area contributed by atoms with E-state index in [-0.39, 0.29) is 0 Å². The molecule has 0 aliphatic carbocycles. The summed E-state index contributed by atoms with van der Waals surface area (Å²) >= 11 is 3.28. The lowest BCUT2D eigenvalue weighted by molar-refractivity contribution is 0.0602. The summed E-state index contributed by atoms with van der Waals surface area (Å²) in [6.07, 6.45) is 0. The Labute approximate surface area is 90.6 Å². The zero-order valence-electron chi connectivity index (χ0n) is 7.93. The van der Waals surface area contributed by atoms with Gasteiger partial charge in [0.2, 0.25) is 0 Å². The fourth-order valence-electron chi connectivity index (χ4n) is 1.10. The van der Waals surface area contributed by atoms with E-state index >= 15 is 0 Å². The highest BCUT2D eigenvalue weighted by Crippen LogP contribution is 2.28. The number of benzene rings is 1. The SMILES string of the molecule is CNc1cc(Br)cc(C(=O)OC)c1N. The minimum Gasteiger partial charge on any atom is -0.465 e. The van der Waals surface area contributed by atoms with Crippen molar-refractivity contribution in [1.82, 2.24) is 0 Å². The molecule has 0 amide bonds. The normalized spacial score (nSPS) is 9.64. The number of esters is 1. The summed E-state index contributed by atoms with van der Waals surface area (Å²) in [6.45, 7) is 0. The number of methoxy groups -OCH3 is 1. The molecule has 4 nitrogen and oxygen atoms in total. The predicted molar refractivity (Wildman–Crippen MR) is 59.4 cm³/mol. The van der Waals surface area contributed by atoms with E-state index in [9.17, 15) is 4.79 Å². The second kappa shape index (κ2) is 4.32. The molecule has 1 aromatic rings.